The molecule has 1 rings (SSSR count). The second-order valence-corrected chi connectivity index (χ2v) is 4.97. The Balaban J connectivity index is 2.64. The summed E-state index contributed by atoms with van der Waals surface area (Å²) in [6.45, 7) is 1.85. The van der Waals surface area contributed by atoms with Gasteiger partial charge < -0.3 is 10.4 Å². The minimum absolute atomic E-state index is 0.0843. The van der Waals surface area contributed by atoms with Crippen molar-refractivity contribution in [1.82, 2.24) is 5.32 Å². The Labute approximate surface area is 113 Å². The van der Waals surface area contributed by atoms with Crippen molar-refractivity contribution in [3.63, 3.8) is 0 Å². The van der Waals surface area contributed by atoms with E-state index in [9.17, 15) is 18.0 Å². The molecule has 0 spiro atoms. The Hall–Kier alpha value is -1.08. The Morgan fingerprint density at radius 1 is 1.47 bits per heavy atom. The van der Waals surface area contributed by atoms with Crippen molar-refractivity contribution in [1.29, 1.82) is 0 Å². The van der Waals surface area contributed by atoms with Crippen molar-refractivity contribution in [2.75, 3.05) is 0 Å². The number of rotatable bonds is 7. The van der Waals surface area contributed by atoms with Crippen LogP contribution in [0, 0.1) is 0 Å². The molecule has 7 heteroatoms. The molecule has 1 aromatic rings. The topological polar surface area (TPSA) is 49.3 Å². The number of halogens is 3. The van der Waals surface area contributed by atoms with Crippen LogP contribution in [0.25, 0.3) is 0 Å². The summed E-state index contributed by atoms with van der Waals surface area (Å²) in [4.78, 5) is 11.0. The van der Waals surface area contributed by atoms with Crippen molar-refractivity contribution < 1.29 is 23.1 Å². The molecule has 108 valence electrons. The van der Waals surface area contributed by atoms with Gasteiger partial charge in [0.1, 0.15) is 6.04 Å². The molecule has 0 saturated heterocycles. The highest BCUT2D eigenvalue weighted by atomic mass is 32.1. The SMILES string of the molecule is CCCCC(NCc1cscc1C(F)(F)F)C(=O)O. The van der Waals surface area contributed by atoms with Crippen LogP contribution in [-0.4, -0.2) is 17.1 Å². The molecule has 1 heterocycles. The molecule has 3 nitrogen and oxygen atoms in total. The first kappa shape index (κ1) is 16.0. The molecule has 19 heavy (non-hydrogen) atoms. The number of unbranched alkanes of at least 4 members (excludes halogenated alkanes) is 1. The molecule has 0 aliphatic carbocycles. The maximum absolute atomic E-state index is 12.6. The van der Waals surface area contributed by atoms with Crippen molar-refractivity contribution in [3.8, 4) is 0 Å². The molecule has 0 fully saturated rings. The monoisotopic (exact) mass is 295 g/mol. The zero-order valence-electron chi connectivity index (χ0n) is 10.5. The molecule has 0 bridgehead atoms. The highest BCUT2D eigenvalue weighted by molar-refractivity contribution is 7.08. The van der Waals surface area contributed by atoms with Crippen LogP contribution in [-0.2, 0) is 17.5 Å². The molecule has 0 aliphatic rings. The van der Waals surface area contributed by atoms with Crippen LogP contribution in [0.15, 0.2) is 10.8 Å². The normalized spacial score (nSPS) is 13.5. The van der Waals surface area contributed by atoms with Gasteiger partial charge in [0.2, 0.25) is 0 Å². The summed E-state index contributed by atoms with van der Waals surface area (Å²) < 4.78 is 37.9. The lowest BCUT2D eigenvalue weighted by Crippen LogP contribution is -2.36. The number of carboxylic acid groups (broad SMARTS) is 1. The predicted octanol–water partition coefficient (Wildman–Crippen LogP) is 3.50. The van der Waals surface area contributed by atoms with Gasteiger partial charge in [-0.2, -0.15) is 24.5 Å². The van der Waals surface area contributed by atoms with E-state index < -0.39 is 23.8 Å². The van der Waals surface area contributed by atoms with E-state index in [-0.39, 0.29) is 12.1 Å². The summed E-state index contributed by atoms with van der Waals surface area (Å²) in [6.07, 6.45) is -2.41. The van der Waals surface area contributed by atoms with Crippen LogP contribution >= 0.6 is 11.3 Å². The predicted molar refractivity (Wildman–Crippen MR) is 67.1 cm³/mol. The van der Waals surface area contributed by atoms with Gasteiger partial charge in [-0.25, -0.2) is 0 Å². The molecular formula is C12H16F3NO2S. The number of carboxylic acids is 1. The van der Waals surface area contributed by atoms with Crippen molar-refractivity contribution in [3.05, 3.63) is 21.9 Å². The van der Waals surface area contributed by atoms with Gasteiger partial charge in [-0.1, -0.05) is 19.8 Å². The lowest BCUT2D eigenvalue weighted by molar-refractivity contribution is -0.139. The van der Waals surface area contributed by atoms with Crippen LogP contribution < -0.4 is 5.32 Å². The molecule has 1 unspecified atom stereocenters. The molecular weight excluding hydrogens is 279 g/mol. The van der Waals surface area contributed by atoms with Gasteiger partial charge in [-0.3, -0.25) is 4.79 Å². The Kier molecular flexibility index (Phi) is 5.81. The number of aliphatic carboxylic acids is 1. The summed E-state index contributed by atoms with van der Waals surface area (Å²) in [5.41, 5.74) is -0.593. The molecule has 2 N–H and O–H groups in total. The Morgan fingerprint density at radius 2 is 2.16 bits per heavy atom. The molecule has 1 aromatic heterocycles. The number of hydrogen-bond donors (Lipinski definition) is 2. The highest BCUT2D eigenvalue weighted by Gasteiger charge is 2.34. The van der Waals surface area contributed by atoms with Gasteiger partial charge in [0.15, 0.2) is 0 Å². The Morgan fingerprint density at radius 3 is 2.68 bits per heavy atom. The molecule has 0 saturated carbocycles. The molecule has 0 aliphatic heterocycles. The highest BCUT2D eigenvalue weighted by Crippen LogP contribution is 2.34. The van der Waals surface area contributed by atoms with E-state index in [2.05, 4.69) is 5.32 Å². The number of alkyl halides is 3. The van der Waals surface area contributed by atoms with Crippen LogP contribution in [0.4, 0.5) is 13.2 Å². The van der Waals surface area contributed by atoms with Gasteiger partial charge in [0.25, 0.3) is 0 Å². The molecule has 0 aromatic carbocycles. The van der Waals surface area contributed by atoms with Gasteiger partial charge in [-0.15, -0.1) is 0 Å². The maximum atomic E-state index is 12.6. The van der Waals surface area contributed by atoms with Crippen molar-refractivity contribution in [2.24, 2.45) is 0 Å². The van der Waals surface area contributed by atoms with E-state index in [1.807, 2.05) is 6.92 Å². The number of thiophene rings is 1. The van der Waals surface area contributed by atoms with E-state index in [0.29, 0.717) is 6.42 Å². The van der Waals surface area contributed by atoms with Crippen LogP contribution in [0.5, 0.6) is 0 Å². The first-order chi connectivity index (χ1) is 8.86. The fourth-order valence-electron chi connectivity index (χ4n) is 1.66. The van der Waals surface area contributed by atoms with E-state index in [0.717, 1.165) is 29.6 Å². The number of nitrogens with one attached hydrogen (secondary N) is 1. The van der Waals surface area contributed by atoms with Crippen LogP contribution in [0.3, 0.4) is 0 Å². The zero-order chi connectivity index (χ0) is 14.5. The summed E-state index contributed by atoms with van der Waals surface area (Å²) in [5, 5.41) is 14.1. The standard InChI is InChI=1S/C12H16F3NO2S/c1-2-3-4-10(11(17)18)16-5-8-6-19-7-9(8)12(13,14)15/h6-7,10,16H,2-5H2,1H3,(H,17,18). The summed E-state index contributed by atoms with van der Waals surface area (Å²) in [5.74, 6) is -1.03. The fourth-order valence-corrected chi connectivity index (χ4v) is 2.53. The molecule has 0 amide bonds. The van der Waals surface area contributed by atoms with Crippen LogP contribution in [0.1, 0.15) is 37.3 Å². The summed E-state index contributed by atoms with van der Waals surface area (Å²) in [6, 6.07) is -0.805. The number of hydrogen-bond acceptors (Lipinski definition) is 3. The second kappa shape index (κ2) is 6.91. The maximum Gasteiger partial charge on any atom is 0.417 e. The third-order valence-corrected chi connectivity index (χ3v) is 3.52. The first-order valence-corrected chi connectivity index (χ1v) is 6.89. The molecule has 1 atom stereocenters. The van der Waals surface area contributed by atoms with Gasteiger partial charge in [-0.05, 0) is 17.4 Å². The van der Waals surface area contributed by atoms with Gasteiger partial charge in [0, 0.05) is 11.9 Å². The van der Waals surface area contributed by atoms with E-state index >= 15 is 0 Å². The van der Waals surface area contributed by atoms with Crippen LogP contribution in [0.2, 0.25) is 0 Å². The zero-order valence-corrected chi connectivity index (χ0v) is 11.3. The first-order valence-electron chi connectivity index (χ1n) is 5.94. The largest absolute Gasteiger partial charge is 0.480 e. The summed E-state index contributed by atoms with van der Waals surface area (Å²) in [7, 11) is 0. The van der Waals surface area contributed by atoms with Gasteiger partial charge in [0.05, 0.1) is 5.56 Å². The average Bonchev–Trinajstić information content (AvgIpc) is 2.76. The van der Waals surface area contributed by atoms with Crippen molar-refractivity contribution >= 4 is 17.3 Å². The quantitative estimate of drug-likeness (QED) is 0.809. The third kappa shape index (κ3) is 4.83. The second-order valence-electron chi connectivity index (χ2n) is 4.22. The van der Waals surface area contributed by atoms with Gasteiger partial charge >= 0.3 is 12.1 Å². The molecule has 0 radical (unpaired) electrons. The lowest BCUT2D eigenvalue weighted by Gasteiger charge is -2.15. The van der Waals surface area contributed by atoms with E-state index in [4.69, 9.17) is 5.11 Å². The Bertz CT molecular complexity index is 417. The van der Waals surface area contributed by atoms with E-state index in [1.54, 1.807) is 0 Å². The number of carbonyl (C=O) groups is 1. The fraction of sp³-hybridized carbons (Fsp3) is 0.583. The smallest absolute Gasteiger partial charge is 0.417 e. The third-order valence-electron chi connectivity index (χ3n) is 2.73. The minimum atomic E-state index is -4.39. The average molecular weight is 295 g/mol. The lowest BCUT2D eigenvalue weighted by atomic mass is 10.1. The minimum Gasteiger partial charge on any atom is -0.480 e. The summed E-state index contributed by atoms with van der Waals surface area (Å²) >= 11 is 0.964. The van der Waals surface area contributed by atoms with E-state index in [1.165, 1.54) is 5.38 Å². The van der Waals surface area contributed by atoms with Crippen molar-refractivity contribution in [2.45, 2.75) is 44.9 Å².